The molecule has 2 saturated carbocycles. The molecule has 124 valence electrons. The van der Waals surface area contributed by atoms with Crippen LogP contribution in [-0.4, -0.2) is 19.1 Å². The molecule has 0 unspecified atom stereocenters. The molecule has 0 spiro atoms. The van der Waals surface area contributed by atoms with Crippen LogP contribution in [-0.2, 0) is 13.1 Å². The third-order valence-corrected chi connectivity index (χ3v) is 5.59. The molecule has 2 heterocycles. The first-order chi connectivity index (χ1) is 11.2. The Balaban J connectivity index is 1.77. The quantitative estimate of drug-likeness (QED) is 0.940. The van der Waals surface area contributed by atoms with Crippen molar-refractivity contribution < 1.29 is 0 Å². The van der Waals surface area contributed by atoms with Gasteiger partial charge in [-0.05, 0) is 37.5 Å². The van der Waals surface area contributed by atoms with E-state index in [1.165, 1.54) is 51.4 Å². The van der Waals surface area contributed by atoms with E-state index in [4.69, 9.17) is 0 Å². The van der Waals surface area contributed by atoms with E-state index in [-0.39, 0.29) is 11.2 Å². The van der Waals surface area contributed by atoms with Crippen molar-refractivity contribution in [3.8, 4) is 0 Å². The van der Waals surface area contributed by atoms with Crippen molar-refractivity contribution in [2.45, 2.75) is 64.5 Å². The highest BCUT2D eigenvalue weighted by atomic mass is 16.2. The minimum Gasteiger partial charge on any atom is -0.316 e. The lowest BCUT2D eigenvalue weighted by atomic mass is 10.1. The van der Waals surface area contributed by atoms with Crippen LogP contribution >= 0.6 is 0 Å². The maximum Gasteiger partial charge on any atom is 0.330 e. The molecule has 0 aromatic carbocycles. The van der Waals surface area contributed by atoms with E-state index >= 15 is 0 Å². The summed E-state index contributed by atoms with van der Waals surface area (Å²) in [4.78, 5) is 31.2. The van der Waals surface area contributed by atoms with Crippen LogP contribution in [0.25, 0.3) is 11.2 Å². The number of fused-ring (bicyclic) bond motifs is 1. The molecular formula is C17H24N4O2. The van der Waals surface area contributed by atoms with Crippen LogP contribution in [0.1, 0.15) is 51.4 Å². The van der Waals surface area contributed by atoms with Crippen molar-refractivity contribution in [3.63, 3.8) is 0 Å². The van der Waals surface area contributed by atoms with Crippen molar-refractivity contribution >= 4 is 11.2 Å². The Labute approximate surface area is 134 Å². The standard InChI is InChI=1S/C17H24N4O2/c22-15-14-16(20(11-18-14)9-12-5-1-2-6-12)21(17(23)19-15)10-13-7-3-4-8-13/h11-13H,1-10H2,(H,19,22,23). The Morgan fingerprint density at radius 3 is 2.26 bits per heavy atom. The number of nitrogens with one attached hydrogen (secondary N) is 1. The zero-order valence-electron chi connectivity index (χ0n) is 13.5. The fourth-order valence-corrected chi connectivity index (χ4v) is 4.36. The monoisotopic (exact) mass is 316 g/mol. The largest absolute Gasteiger partial charge is 0.330 e. The average Bonchev–Trinajstić information content (AvgIpc) is 3.26. The van der Waals surface area contributed by atoms with Crippen molar-refractivity contribution in [2.24, 2.45) is 11.8 Å². The number of hydrogen-bond donors (Lipinski definition) is 1. The van der Waals surface area contributed by atoms with Gasteiger partial charge in [-0.1, -0.05) is 25.7 Å². The van der Waals surface area contributed by atoms with Gasteiger partial charge in [0.2, 0.25) is 0 Å². The van der Waals surface area contributed by atoms with Gasteiger partial charge in [0.1, 0.15) is 5.65 Å². The first-order valence-electron chi connectivity index (χ1n) is 8.90. The molecule has 0 amide bonds. The molecule has 0 bridgehead atoms. The SMILES string of the molecule is O=c1[nH]c(=O)n(CC2CCCC2)c2c1ncn2CC1CCCC1. The number of rotatable bonds is 4. The molecule has 6 heteroatoms. The summed E-state index contributed by atoms with van der Waals surface area (Å²) in [5.41, 5.74) is 0.471. The fourth-order valence-electron chi connectivity index (χ4n) is 4.36. The second kappa shape index (κ2) is 5.98. The molecule has 2 aliphatic rings. The lowest BCUT2D eigenvalue weighted by Crippen LogP contribution is -2.33. The summed E-state index contributed by atoms with van der Waals surface area (Å²) in [6, 6.07) is 0. The molecule has 2 aliphatic carbocycles. The molecule has 2 aromatic heterocycles. The van der Waals surface area contributed by atoms with E-state index in [0.29, 0.717) is 23.9 Å². The smallest absolute Gasteiger partial charge is 0.316 e. The highest BCUT2D eigenvalue weighted by Crippen LogP contribution is 2.28. The summed E-state index contributed by atoms with van der Waals surface area (Å²) in [6.07, 6.45) is 11.6. The molecule has 4 rings (SSSR count). The Morgan fingerprint density at radius 2 is 1.61 bits per heavy atom. The van der Waals surface area contributed by atoms with Crippen LogP contribution in [0, 0.1) is 11.8 Å². The van der Waals surface area contributed by atoms with Crippen molar-refractivity contribution in [2.75, 3.05) is 0 Å². The molecule has 2 fully saturated rings. The second-order valence-corrected chi connectivity index (χ2v) is 7.24. The van der Waals surface area contributed by atoms with Crippen LogP contribution in [0.3, 0.4) is 0 Å². The first-order valence-corrected chi connectivity index (χ1v) is 8.90. The van der Waals surface area contributed by atoms with Crippen molar-refractivity contribution in [1.29, 1.82) is 0 Å². The molecule has 23 heavy (non-hydrogen) atoms. The summed E-state index contributed by atoms with van der Waals surface area (Å²) in [5, 5.41) is 0. The zero-order chi connectivity index (χ0) is 15.8. The van der Waals surface area contributed by atoms with Gasteiger partial charge in [-0.15, -0.1) is 0 Å². The molecule has 0 radical (unpaired) electrons. The highest BCUT2D eigenvalue weighted by molar-refractivity contribution is 5.69. The van der Waals surface area contributed by atoms with Gasteiger partial charge in [-0.2, -0.15) is 0 Å². The first kappa shape index (κ1) is 14.7. The Bertz CT molecular complexity index is 804. The van der Waals surface area contributed by atoms with Gasteiger partial charge in [0.15, 0.2) is 5.52 Å². The summed E-state index contributed by atoms with van der Waals surface area (Å²) in [6.45, 7) is 1.56. The van der Waals surface area contributed by atoms with E-state index in [9.17, 15) is 9.59 Å². The zero-order valence-corrected chi connectivity index (χ0v) is 13.5. The van der Waals surface area contributed by atoms with Gasteiger partial charge in [-0.25, -0.2) is 9.78 Å². The van der Waals surface area contributed by atoms with Crippen molar-refractivity contribution in [1.82, 2.24) is 19.1 Å². The minimum atomic E-state index is -0.363. The number of H-pyrrole nitrogens is 1. The van der Waals surface area contributed by atoms with E-state index in [1.54, 1.807) is 10.9 Å². The molecule has 6 nitrogen and oxygen atoms in total. The number of imidazole rings is 1. The normalized spacial score (nSPS) is 20.0. The maximum atomic E-state index is 12.4. The molecule has 0 aliphatic heterocycles. The number of aromatic amines is 1. The third-order valence-electron chi connectivity index (χ3n) is 5.59. The predicted molar refractivity (Wildman–Crippen MR) is 88.5 cm³/mol. The molecule has 2 aromatic rings. The Kier molecular flexibility index (Phi) is 3.83. The van der Waals surface area contributed by atoms with E-state index in [0.717, 1.165) is 12.2 Å². The Morgan fingerprint density at radius 1 is 1.00 bits per heavy atom. The van der Waals surface area contributed by atoms with Crippen LogP contribution in [0.2, 0.25) is 0 Å². The van der Waals surface area contributed by atoms with Crippen LogP contribution in [0.4, 0.5) is 0 Å². The lowest BCUT2D eigenvalue weighted by Gasteiger charge is -2.16. The summed E-state index contributed by atoms with van der Waals surface area (Å²) >= 11 is 0. The summed E-state index contributed by atoms with van der Waals surface area (Å²) in [5.74, 6) is 1.18. The maximum absolute atomic E-state index is 12.4. The molecule has 1 N–H and O–H groups in total. The third kappa shape index (κ3) is 2.75. The van der Waals surface area contributed by atoms with Crippen LogP contribution in [0.5, 0.6) is 0 Å². The van der Waals surface area contributed by atoms with Crippen molar-refractivity contribution in [3.05, 3.63) is 27.2 Å². The van der Waals surface area contributed by atoms with E-state index in [1.807, 2.05) is 4.57 Å². The number of hydrogen-bond acceptors (Lipinski definition) is 3. The van der Waals surface area contributed by atoms with Gasteiger partial charge in [0, 0.05) is 13.1 Å². The predicted octanol–water partition coefficient (Wildman–Crippen LogP) is 2.27. The van der Waals surface area contributed by atoms with Crippen LogP contribution in [0.15, 0.2) is 15.9 Å². The van der Waals surface area contributed by atoms with Gasteiger partial charge in [0.05, 0.1) is 6.33 Å². The van der Waals surface area contributed by atoms with Crippen LogP contribution < -0.4 is 11.2 Å². The second-order valence-electron chi connectivity index (χ2n) is 7.24. The highest BCUT2D eigenvalue weighted by Gasteiger charge is 2.22. The fraction of sp³-hybridized carbons (Fsp3) is 0.706. The van der Waals surface area contributed by atoms with E-state index < -0.39 is 0 Å². The summed E-state index contributed by atoms with van der Waals surface area (Å²) in [7, 11) is 0. The van der Waals surface area contributed by atoms with Gasteiger partial charge in [-0.3, -0.25) is 14.3 Å². The van der Waals surface area contributed by atoms with E-state index in [2.05, 4.69) is 9.97 Å². The number of nitrogens with zero attached hydrogens (tertiary/aromatic N) is 3. The average molecular weight is 316 g/mol. The lowest BCUT2D eigenvalue weighted by molar-refractivity contribution is 0.432. The topological polar surface area (TPSA) is 72.7 Å². The minimum absolute atomic E-state index is 0.289. The van der Waals surface area contributed by atoms with Gasteiger partial charge in [0.25, 0.3) is 5.56 Å². The molecule has 0 atom stereocenters. The summed E-state index contributed by atoms with van der Waals surface area (Å²) < 4.78 is 3.80. The molecular weight excluding hydrogens is 292 g/mol. The van der Waals surface area contributed by atoms with Gasteiger partial charge < -0.3 is 4.57 Å². The molecule has 0 saturated heterocycles. The number of aromatic nitrogens is 4. The van der Waals surface area contributed by atoms with Gasteiger partial charge >= 0.3 is 5.69 Å². The Hall–Kier alpha value is -1.85.